The molecule has 4 rings (SSSR count). The fourth-order valence-corrected chi connectivity index (χ4v) is 5.63. The van der Waals surface area contributed by atoms with Gasteiger partial charge in [-0.15, -0.1) is 0 Å². The van der Waals surface area contributed by atoms with Crippen molar-refractivity contribution < 1.29 is 13.0 Å². The van der Waals surface area contributed by atoms with Crippen molar-refractivity contribution in [2.75, 3.05) is 13.1 Å². The van der Waals surface area contributed by atoms with E-state index in [0.29, 0.717) is 17.6 Å². The van der Waals surface area contributed by atoms with Crippen molar-refractivity contribution in [1.29, 1.82) is 0 Å². The maximum atomic E-state index is 13.1. The number of rotatable bonds is 5. The van der Waals surface area contributed by atoms with Crippen molar-refractivity contribution in [2.45, 2.75) is 44.7 Å². The summed E-state index contributed by atoms with van der Waals surface area (Å²) >= 11 is 0. The zero-order chi connectivity index (χ0) is 19.9. The number of aromatic nitrogens is 2. The predicted molar refractivity (Wildman–Crippen MR) is 106 cm³/mol. The number of benzene rings is 2. The van der Waals surface area contributed by atoms with Gasteiger partial charge in [0.1, 0.15) is 10.4 Å². The van der Waals surface area contributed by atoms with E-state index in [9.17, 15) is 8.42 Å². The number of sulfonamides is 1. The molecule has 1 aliphatic heterocycles. The number of hydrogen-bond acceptors (Lipinski definition) is 6. The molecule has 7 nitrogen and oxygen atoms in total. The lowest BCUT2D eigenvalue weighted by Gasteiger charge is -2.31. The molecule has 0 aliphatic carbocycles. The van der Waals surface area contributed by atoms with Crippen molar-refractivity contribution in [3.63, 3.8) is 0 Å². The van der Waals surface area contributed by atoms with Gasteiger partial charge in [0, 0.05) is 25.7 Å². The highest BCUT2D eigenvalue weighted by molar-refractivity contribution is 7.89. The van der Waals surface area contributed by atoms with Crippen molar-refractivity contribution >= 4 is 21.1 Å². The number of aryl methyl sites for hydroxylation is 2. The summed E-state index contributed by atoms with van der Waals surface area (Å²) in [5.74, 6) is 0. The van der Waals surface area contributed by atoms with Crippen LogP contribution < -0.4 is 4.72 Å². The number of nitrogens with one attached hydrogen (secondary N) is 1. The Morgan fingerprint density at radius 2 is 1.86 bits per heavy atom. The van der Waals surface area contributed by atoms with E-state index in [1.54, 1.807) is 13.0 Å². The molecular weight excluding hydrogens is 376 g/mol. The summed E-state index contributed by atoms with van der Waals surface area (Å²) in [6, 6.07) is 9.97. The largest absolute Gasteiger partial charge is 0.297 e. The van der Waals surface area contributed by atoms with Crippen LogP contribution in [0.1, 0.15) is 29.2 Å². The maximum absolute atomic E-state index is 13.1. The van der Waals surface area contributed by atoms with Gasteiger partial charge in [-0.05, 0) is 59.8 Å². The smallest absolute Gasteiger partial charge is 0.243 e. The Kier molecular flexibility index (Phi) is 4.95. The first-order chi connectivity index (χ1) is 13.3. The number of nitrogens with zero attached hydrogens (tertiary/aromatic N) is 3. The van der Waals surface area contributed by atoms with E-state index in [1.807, 2.05) is 19.9 Å². The monoisotopic (exact) mass is 400 g/mol. The molecule has 1 aliphatic rings. The summed E-state index contributed by atoms with van der Waals surface area (Å²) in [5.41, 5.74) is 4.92. The fourth-order valence-electron chi connectivity index (χ4n) is 4.04. The van der Waals surface area contributed by atoms with Crippen LogP contribution in [0.2, 0.25) is 0 Å². The summed E-state index contributed by atoms with van der Waals surface area (Å²) in [6.07, 6.45) is 0.984. The summed E-state index contributed by atoms with van der Waals surface area (Å²) in [7, 11) is -3.75. The molecule has 0 bridgehead atoms. The van der Waals surface area contributed by atoms with Gasteiger partial charge in [-0.1, -0.05) is 30.3 Å². The molecule has 2 heterocycles. The topological polar surface area (TPSA) is 88.3 Å². The van der Waals surface area contributed by atoms with Crippen molar-refractivity contribution in [1.82, 2.24) is 19.9 Å². The van der Waals surface area contributed by atoms with Crippen molar-refractivity contribution in [2.24, 2.45) is 0 Å². The molecule has 28 heavy (non-hydrogen) atoms. The summed E-state index contributed by atoms with van der Waals surface area (Å²) in [4.78, 5) is 2.43. The van der Waals surface area contributed by atoms with Crippen molar-refractivity contribution in [3.8, 4) is 0 Å². The standard InChI is InChI=1S/C20H24N4O3S/c1-13-10-14(2)20(19-18(13)21-27-22-19)28(25,26)23-15(3)11-24-9-8-16-6-4-5-7-17(16)12-24/h4-7,10,15,23H,8-9,11-12H2,1-3H3. The maximum Gasteiger partial charge on any atom is 0.243 e. The van der Waals surface area contributed by atoms with Crippen LogP contribution in [-0.2, 0) is 23.0 Å². The Morgan fingerprint density at radius 1 is 1.14 bits per heavy atom. The molecule has 0 spiro atoms. The van der Waals surface area contributed by atoms with Crippen LogP contribution >= 0.6 is 0 Å². The Bertz CT molecular complexity index is 1120. The van der Waals surface area contributed by atoms with E-state index in [4.69, 9.17) is 4.63 Å². The molecule has 8 heteroatoms. The van der Waals surface area contributed by atoms with Gasteiger partial charge in [0.25, 0.3) is 0 Å². The molecule has 0 saturated heterocycles. The second kappa shape index (κ2) is 7.27. The van der Waals surface area contributed by atoms with Gasteiger partial charge in [0.05, 0.1) is 0 Å². The first-order valence-corrected chi connectivity index (χ1v) is 10.9. The van der Waals surface area contributed by atoms with E-state index < -0.39 is 10.0 Å². The highest BCUT2D eigenvalue weighted by Gasteiger charge is 2.27. The van der Waals surface area contributed by atoms with E-state index in [0.717, 1.165) is 25.1 Å². The highest BCUT2D eigenvalue weighted by atomic mass is 32.2. The highest BCUT2D eigenvalue weighted by Crippen LogP contribution is 2.27. The Morgan fingerprint density at radius 3 is 2.64 bits per heavy atom. The average Bonchev–Trinajstić information content (AvgIpc) is 3.10. The Hall–Kier alpha value is -2.29. The lowest BCUT2D eigenvalue weighted by molar-refractivity contribution is 0.237. The normalized spacial score (nSPS) is 16.2. The summed E-state index contributed by atoms with van der Waals surface area (Å²) < 4.78 is 33.8. The van der Waals surface area contributed by atoms with Gasteiger partial charge >= 0.3 is 0 Å². The third-order valence-electron chi connectivity index (χ3n) is 5.24. The van der Waals surface area contributed by atoms with Gasteiger partial charge in [-0.3, -0.25) is 4.90 Å². The SMILES string of the molecule is Cc1cc(C)c2nonc2c1S(=O)(=O)NC(C)CN1CCc2ccccc2C1. The zero-order valence-electron chi connectivity index (χ0n) is 16.3. The van der Waals surface area contributed by atoms with E-state index in [-0.39, 0.29) is 16.5 Å². The quantitative estimate of drug-likeness (QED) is 0.708. The molecule has 0 amide bonds. The predicted octanol–water partition coefficient (Wildman–Crippen LogP) is 2.56. The van der Waals surface area contributed by atoms with Crippen LogP contribution in [-0.4, -0.2) is 42.8 Å². The van der Waals surface area contributed by atoms with Crippen LogP contribution in [0, 0.1) is 13.8 Å². The van der Waals surface area contributed by atoms with Crippen molar-refractivity contribution in [3.05, 3.63) is 52.6 Å². The third kappa shape index (κ3) is 3.55. The molecule has 1 N–H and O–H groups in total. The molecule has 2 aromatic carbocycles. The third-order valence-corrected chi connectivity index (χ3v) is 7.00. The first kappa shape index (κ1) is 19.0. The van der Waals surface area contributed by atoms with Gasteiger partial charge in [0.15, 0.2) is 5.52 Å². The average molecular weight is 401 g/mol. The fraction of sp³-hybridized carbons (Fsp3) is 0.400. The van der Waals surface area contributed by atoms with Crippen LogP contribution in [0.5, 0.6) is 0 Å². The van der Waals surface area contributed by atoms with E-state index in [2.05, 4.69) is 38.1 Å². The molecule has 0 fully saturated rings. The van der Waals surface area contributed by atoms with E-state index >= 15 is 0 Å². The minimum atomic E-state index is -3.75. The molecule has 0 radical (unpaired) electrons. The summed E-state index contributed by atoms with van der Waals surface area (Å²) in [6.45, 7) is 7.91. The molecule has 0 saturated carbocycles. The van der Waals surface area contributed by atoms with Gasteiger partial charge in [-0.2, -0.15) is 0 Å². The Labute approximate surface area is 164 Å². The van der Waals surface area contributed by atoms with E-state index in [1.165, 1.54) is 11.1 Å². The number of hydrogen-bond donors (Lipinski definition) is 1. The van der Waals surface area contributed by atoms with Gasteiger partial charge in [-0.25, -0.2) is 17.8 Å². The molecular formula is C20H24N4O3S. The van der Waals surface area contributed by atoms with Crippen LogP contribution in [0.15, 0.2) is 39.9 Å². The number of fused-ring (bicyclic) bond motifs is 2. The van der Waals surface area contributed by atoms with Crippen LogP contribution in [0.25, 0.3) is 11.0 Å². The lowest BCUT2D eigenvalue weighted by Crippen LogP contribution is -2.43. The minimum absolute atomic E-state index is 0.144. The van der Waals surface area contributed by atoms with Crippen LogP contribution in [0.3, 0.4) is 0 Å². The first-order valence-electron chi connectivity index (χ1n) is 9.39. The second-order valence-electron chi connectivity index (χ2n) is 7.58. The molecule has 1 aromatic heterocycles. The molecule has 148 valence electrons. The molecule has 3 aromatic rings. The van der Waals surface area contributed by atoms with Gasteiger partial charge < -0.3 is 0 Å². The van der Waals surface area contributed by atoms with Crippen LogP contribution in [0.4, 0.5) is 0 Å². The van der Waals surface area contributed by atoms with Gasteiger partial charge in [0.2, 0.25) is 10.0 Å². The lowest BCUT2D eigenvalue weighted by atomic mass is 10.00. The molecule has 1 atom stereocenters. The summed E-state index contributed by atoms with van der Waals surface area (Å²) in [5, 5.41) is 7.68. The second-order valence-corrected chi connectivity index (χ2v) is 9.23. The zero-order valence-corrected chi connectivity index (χ0v) is 17.1. The minimum Gasteiger partial charge on any atom is -0.297 e. The Balaban J connectivity index is 1.52. The molecule has 1 unspecified atom stereocenters.